The molecule has 8 saturated carbocycles. The number of fused-ring (bicyclic) bond motifs is 10. The topological polar surface area (TPSA) is 124 Å². The van der Waals surface area contributed by atoms with Gasteiger partial charge in [0.2, 0.25) is 0 Å². The maximum Gasteiger partial charge on any atom is 0.313 e. The first kappa shape index (κ1) is 41.5. The lowest BCUT2D eigenvalue weighted by Gasteiger charge is -2.66. The molecule has 0 amide bonds. The van der Waals surface area contributed by atoms with Crippen molar-refractivity contribution < 1.29 is 34.8 Å². The van der Waals surface area contributed by atoms with Gasteiger partial charge in [0.05, 0.1) is 23.7 Å². The molecule has 6 unspecified atom stereocenters. The van der Waals surface area contributed by atoms with E-state index in [9.17, 15) is 25.2 Å². The van der Waals surface area contributed by atoms with Crippen LogP contribution in [0.5, 0.6) is 0 Å². The number of esters is 1. The SMILES string of the molecule is CCC[C@@H](C)[C@H]1CCC2C3C(O)CC4(C(=O)O[C@@H]5CC[C@@]6(C)C(C5)C[C@@H](O)[C@H]5[C@@H]7CC[C@H]([C@H](C)CCC(=O)O)[C@@]7(C)CC[C@@H]56)C[C@H](O)CC[C@]4(C)C3CC[C@@]21C. The van der Waals surface area contributed by atoms with Crippen LogP contribution in [0.3, 0.4) is 0 Å². The number of carboxylic acids is 1. The van der Waals surface area contributed by atoms with Crippen LogP contribution >= 0.6 is 0 Å². The summed E-state index contributed by atoms with van der Waals surface area (Å²) in [5.41, 5.74) is -0.681. The summed E-state index contributed by atoms with van der Waals surface area (Å²) in [6.07, 6.45) is 16.8. The molecule has 7 heteroatoms. The summed E-state index contributed by atoms with van der Waals surface area (Å²) < 4.78 is 6.76. The van der Waals surface area contributed by atoms with Crippen LogP contribution < -0.4 is 0 Å². The number of hydrogen-bond donors (Lipinski definition) is 4. The molecule has 0 heterocycles. The fourth-order valence-corrected chi connectivity index (χ4v) is 18.4. The normalized spacial score (nSPS) is 53.3. The molecule has 0 aromatic rings. The van der Waals surface area contributed by atoms with E-state index >= 15 is 4.79 Å². The third-order valence-electron chi connectivity index (χ3n) is 21.2. The van der Waals surface area contributed by atoms with E-state index in [2.05, 4.69) is 48.5 Å². The Kier molecular flexibility index (Phi) is 11.0. The molecule has 318 valence electrons. The molecule has 0 aromatic heterocycles. The molecule has 0 bridgehead atoms. The minimum atomic E-state index is -0.876. The van der Waals surface area contributed by atoms with Crippen LogP contribution in [0.15, 0.2) is 0 Å². The number of aliphatic hydroxyl groups is 3. The van der Waals surface area contributed by atoms with Crippen LogP contribution in [0.1, 0.15) is 177 Å². The Morgan fingerprint density at radius 1 is 0.661 bits per heavy atom. The molecular weight excluding hydrogens is 701 g/mol. The van der Waals surface area contributed by atoms with E-state index in [1.165, 1.54) is 32.1 Å². The number of aliphatic carboxylic acids is 1. The molecule has 8 aliphatic carbocycles. The zero-order valence-electron chi connectivity index (χ0n) is 36.3. The number of carbonyl (C=O) groups excluding carboxylic acids is 1. The van der Waals surface area contributed by atoms with Crippen molar-refractivity contribution in [2.24, 2.45) is 92.2 Å². The lowest BCUT2D eigenvalue weighted by Crippen LogP contribution is -2.66. The third kappa shape index (κ3) is 6.15. The number of rotatable bonds is 9. The van der Waals surface area contributed by atoms with E-state index in [4.69, 9.17) is 4.74 Å². The Labute approximate surface area is 339 Å². The number of carbonyl (C=O) groups is 2. The molecule has 0 radical (unpaired) electrons. The average Bonchev–Trinajstić information content (AvgIpc) is 3.68. The summed E-state index contributed by atoms with van der Waals surface area (Å²) in [5.74, 6) is 3.91. The highest BCUT2D eigenvalue weighted by Gasteiger charge is 2.70. The number of ether oxygens (including phenoxy) is 1. The van der Waals surface area contributed by atoms with Crippen molar-refractivity contribution in [1.82, 2.24) is 0 Å². The van der Waals surface area contributed by atoms with Gasteiger partial charge in [0.15, 0.2) is 0 Å². The molecular formula is C49H80O7. The second-order valence-corrected chi connectivity index (χ2v) is 23.2. The molecule has 7 nitrogen and oxygen atoms in total. The summed E-state index contributed by atoms with van der Waals surface area (Å²) in [6.45, 7) is 16.9. The number of carboxylic acid groups (broad SMARTS) is 1. The molecule has 8 aliphatic rings. The van der Waals surface area contributed by atoms with Gasteiger partial charge >= 0.3 is 11.9 Å². The monoisotopic (exact) mass is 781 g/mol. The van der Waals surface area contributed by atoms with E-state index in [1.807, 2.05) is 0 Å². The van der Waals surface area contributed by atoms with Gasteiger partial charge in [0.1, 0.15) is 6.10 Å². The molecule has 0 saturated heterocycles. The standard InChI is InChI=1S/C49H80O7/c1-8-9-28(2)33-11-14-36-43-38(19-22-47(33,36)6)48(7)23-16-31(50)26-49(48,27-40(43)52)44(55)56-32-17-20-45(4)30(24-32)25-39(51)42-35-13-12-34(29(3)10-15-41(53)54)46(35,5)21-18-37(42)45/h28-40,42-43,50-52H,8-27H2,1-7H3,(H,53,54)/t28-,29-,30?,31-,32-,33-,34-,35+,36?,37+,38?,39-,40?,42+,43?,45+,46-,47-,48-,49?/m1/s1. The van der Waals surface area contributed by atoms with Gasteiger partial charge in [0, 0.05) is 6.42 Å². The van der Waals surface area contributed by atoms with Crippen molar-refractivity contribution in [2.75, 3.05) is 0 Å². The Morgan fingerprint density at radius 3 is 1.86 bits per heavy atom. The Morgan fingerprint density at radius 2 is 1.23 bits per heavy atom. The summed E-state index contributed by atoms with van der Waals surface area (Å²) in [7, 11) is 0. The Balaban J connectivity index is 0.977. The van der Waals surface area contributed by atoms with E-state index in [0.717, 1.165) is 77.0 Å². The first-order valence-electron chi connectivity index (χ1n) is 23.9. The van der Waals surface area contributed by atoms with Gasteiger partial charge in [-0.15, -0.1) is 0 Å². The Hall–Kier alpha value is -1.18. The smallest absolute Gasteiger partial charge is 0.313 e. The van der Waals surface area contributed by atoms with Crippen LogP contribution in [0.4, 0.5) is 0 Å². The maximum absolute atomic E-state index is 15.0. The van der Waals surface area contributed by atoms with Crippen molar-refractivity contribution in [1.29, 1.82) is 0 Å². The van der Waals surface area contributed by atoms with Gasteiger partial charge < -0.3 is 25.2 Å². The predicted molar refractivity (Wildman–Crippen MR) is 218 cm³/mol. The second-order valence-electron chi connectivity index (χ2n) is 23.2. The molecule has 4 N–H and O–H groups in total. The van der Waals surface area contributed by atoms with Crippen LogP contribution in [-0.4, -0.2) is 56.8 Å². The van der Waals surface area contributed by atoms with E-state index in [1.54, 1.807) is 0 Å². The molecule has 8 fully saturated rings. The number of aliphatic hydroxyl groups excluding tert-OH is 3. The quantitative estimate of drug-likeness (QED) is 0.172. The molecule has 0 aromatic carbocycles. The van der Waals surface area contributed by atoms with Crippen LogP contribution in [0, 0.1) is 92.2 Å². The van der Waals surface area contributed by atoms with Gasteiger partial charge in [-0.25, -0.2) is 0 Å². The van der Waals surface area contributed by atoms with Crippen molar-refractivity contribution >= 4 is 11.9 Å². The predicted octanol–water partition coefficient (Wildman–Crippen LogP) is 9.83. The fourth-order valence-electron chi connectivity index (χ4n) is 18.4. The first-order chi connectivity index (χ1) is 26.4. The Bertz CT molecular complexity index is 1480. The molecule has 20 atom stereocenters. The van der Waals surface area contributed by atoms with Gasteiger partial charge in [-0.1, -0.05) is 61.3 Å². The van der Waals surface area contributed by atoms with E-state index in [-0.39, 0.29) is 64.0 Å². The molecule has 0 aliphatic heterocycles. The van der Waals surface area contributed by atoms with Crippen molar-refractivity contribution in [2.45, 2.75) is 201 Å². The highest BCUT2D eigenvalue weighted by atomic mass is 16.5. The summed E-state index contributed by atoms with van der Waals surface area (Å²) in [6, 6.07) is 0. The summed E-state index contributed by atoms with van der Waals surface area (Å²) in [5, 5.41) is 45.0. The van der Waals surface area contributed by atoms with E-state index in [0.29, 0.717) is 60.2 Å². The highest BCUT2D eigenvalue weighted by molar-refractivity contribution is 5.79. The van der Waals surface area contributed by atoms with Crippen molar-refractivity contribution in [3.63, 3.8) is 0 Å². The first-order valence-corrected chi connectivity index (χ1v) is 23.9. The molecule has 8 rings (SSSR count). The maximum atomic E-state index is 15.0. The lowest BCUT2D eigenvalue weighted by atomic mass is 9.39. The highest BCUT2D eigenvalue weighted by Crippen LogP contribution is 2.73. The van der Waals surface area contributed by atoms with Crippen molar-refractivity contribution in [3.8, 4) is 0 Å². The van der Waals surface area contributed by atoms with Gasteiger partial charge in [-0.3, -0.25) is 9.59 Å². The van der Waals surface area contributed by atoms with Gasteiger partial charge in [-0.05, 0) is 196 Å². The molecule has 0 spiro atoms. The van der Waals surface area contributed by atoms with E-state index < -0.39 is 23.6 Å². The largest absolute Gasteiger partial charge is 0.481 e. The minimum absolute atomic E-state index is 0.103. The molecule has 56 heavy (non-hydrogen) atoms. The number of hydrogen-bond acceptors (Lipinski definition) is 6. The third-order valence-corrected chi connectivity index (χ3v) is 21.2. The van der Waals surface area contributed by atoms with Crippen LogP contribution in [0.2, 0.25) is 0 Å². The second kappa shape index (κ2) is 14.8. The fraction of sp³-hybridized carbons (Fsp3) is 0.959. The van der Waals surface area contributed by atoms with Gasteiger partial charge in [-0.2, -0.15) is 0 Å². The summed E-state index contributed by atoms with van der Waals surface area (Å²) >= 11 is 0. The van der Waals surface area contributed by atoms with Gasteiger partial charge in [0.25, 0.3) is 0 Å². The summed E-state index contributed by atoms with van der Waals surface area (Å²) in [4.78, 5) is 26.4. The lowest BCUT2D eigenvalue weighted by molar-refractivity contribution is -0.235. The minimum Gasteiger partial charge on any atom is -0.481 e. The van der Waals surface area contributed by atoms with Crippen molar-refractivity contribution in [3.05, 3.63) is 0 Å². The average molecular weight is 781 g/mol. The van der Waals surface area contributed by atoms with Crippen LogP contribution in [0.25, 0.3) is 0 Å². The zero-order chi connectivity index (χ0) is 40.2. The van der Waals surface area contributed by atoms with Crippen LogP contribution in [-0.2, 0) is 14.3 Å². The zero-order valence-corrected chi connectivity index (χ0v) is 36.3.